The van der Waals surface area contributed by atoms with Gasteiger partial charge in [-0.2, -0.15) is 0 Å². The van der Waals surface area contributed by atoms with Crippen molar-refractivity contribution in [2.24, 2.45) is 11.7 Å². The van der Waals surface area contributed by atoms with Gasteiger partial charge in [0.05, 0.1) is 0 Å². The molecule has 0 saturated heterocycles. The highest BCUT2D eigenvalue weighted by atomic mass is 19.4. The Balaban J connectivity index is 2.69. The molecule has 2 unspecified atom stereocenters. The maximum Gasteiger partial charge on any atom is 0.572 e. The van der Waals surface area contributed by atoms with Crippen LogP contribution in [0.3, 0.4) is 0 Å². The Morgan fingerprint density at radius 3 is 2.62 bits per heavy atom. The molecule has 0 bridgehead atoms. The van der Waals surface area contributed by atoms with Crippen LogP contribution >= 0.6 is 0 Å². The molecule has 0 aromatic rings. The second-order valence-corrected chi connectivity index (χ2v) is 2.87. The van der Waals surface area contributed by atoms with E-state index < -0.39 is 18.3 Å². The van der Waals surface area contributed by atoms with Gasteiger partial charge in [-0.3, -0.25) is 0 Å². The Morgan fingerprint density at radius 1 is 1.46 bits per heavy atom. The van der Waals surface area contributed by atoms with E-state index in [1.54, 1.807) is 13.0 Å². The van der Waals surface area contributed by atoms with Crippen molar-refractivity contribution in [1.82, 2.24) is 0 Å². The largest absolute Gasteiger partial charge is 0.572 e. The summed E-state index contributed by atoms with van der Waals surface area (Å²) in [5.74, 6) is -0.575. The lowest BCUT2D eigenvalue weighted by Crippen LogP contribution is -2.31. The smallest absolute Gasteiger partial charge is 0.410 e. The Morgan fingerprint density at radius 2 is 2.08 bits per heavy atom. The van der Waals surface area contributed by atoms with Gasteiger partial charge in [0.25, 0.3) is 0 Å². The fraction of sp³-hybridized carbons (Fsp3) is 0.500. The predicted octanol–water partition coefficient (Wildman–Crippen LogP) is 1.94. The summed E-state index contributed by atoms with van der Waals surface area (Å²) < 4.78 is 39.2. The average Bonchev–Trinajstić information content (AvgIpc) is 1.96. The zero-order valence-electron chi connectivity index (χ0n) is 7.01. The summed E-state index contributed by atoms with van der Waals surface area (Å²) >= 11 is 0. The Kier molecular flexibility index (Phi) is 2.66. The molecule has 2 N–H and O–H groups in total. The molecule has 2 atom stereocenters. The van der Waals surface area contributed by atoms with Crippen molar-refractivity contribution < 1.29 is 17.9 Å². The minimum absolute atomic E-state index is 0.137. The molecule has 0 spiro atoms. The highest BCUT2D eigenvalue weighted by molar-refractivity contribution is 5.20. The second-order valence-electron chi connectivity index (χ2n) is 2.87. The van der Waals surface area contributed by atoms with Crippen LogP contribution < -0.4 is 5.73 Å². The minimum Gasteiger partial charge on any atom is -0.410 e. The van der Waals surface area contributed by atoms with Crippen molar-refractivity contribution in [2.75, 3.05) is 0 Å². The number of nitrogens with two attached hydrogens (primary N) is 1. The van der Waals surface area contributed by atoms with Gasteiger partial charge in [0.15, 0.2) is 0 Å². The summed E-state index contributed by atoms with van der Waals surface area (Å²) in [6.45, 7) is 1.59. The summed E-state index contributed by atoms with van der Waals surface area (Å²) in [7, 11) is 0. The van der Waals surface area contributed by atoms with Crippen LogP contribution in [0.5, 0.6) is 0 Å². The van der Waals surface area contributed by atoms with E-state index in [2.05, 4.69) is 4.74 Å². The number of ether oxygens (including phenoxy) is 1. The molecule has 0 amide bonds. The SMILES string of the molecule is CC1C(OC(F)(F)F)=CC=CC1N. The lowest BCUT2D eigenvalue weighted by molar-refractivity contribution is -0.308. The third-order valence-corrected chi connectivity index (χ3v) is 1.85. The molecule has 0 aliphatic heterocycles. The molecular weight excluding hydrogens is 183 g/mol. The molecular formula is C8H10F3NO. The lowest BCUT2D eigenvalue weighted by Gasteiger charge is -2.23. The quantitative estimate of drug-likeness (QED) is 0.690. The maximum absolute atomic E-state index is 11.8. The van der Waals surface area contributed by atoms with Crippen LogP contribution in [-0.2, 0) is 4.74 Å². The molecule has 2 nitrogen and oxygen atoms in total. The van der Waals surface area contributed by atoms with E-state index in [4.69, 9.17) is 5.73 Å². The van der Waals surface area contributed by atoms with Gasteiger partial charge in [-0.15, -0.1) is 13.2 Å². The van der Waals surface area contributed by atoms with Crippen LogP contribution in [0.15, 0.2) is 24.0 Å². The van der Waals surface area contributed by atoms with Crippen molar-refractivity contribution >= 4 is 0 Å². The fourth-order valence-electron chi connectivity index (χ4n) is 1.05. The molecule has 1 rings (SSSR count). The Bertz CT molecular complexity index is 244. The molecule has 5 heteroatoms. The molecule has 0 saturated carbocycles. The van der Waals surface area contributed by atoms with Crippen LogP contribution in [0.2, 0.25) is 0 Å². The first-order valence-corrected chi connectivity index (χ1v) is 3.80. The van der Waals surface area contributed by atoms with Crippen LogP contribution in [0.25, 0.3) is 0 Å². The zero-order chi connectivity index (χ0) is 10.1. The topological polar surface area (TPSA) is 35.2 Å². The van der Waals surface area contributed by atoms with Gasteiger partial charge < -0.3 is 10.5 Å². The summed E-state index contributed by atoms with van der Waals surface area (Å²) in [5.41, 5.74) is 5.51. The normalized spacial score (nSPS) is 28.5. The molecule has 13 heavy (non-hydrogen) atoms. The summed E-state index contributed by atoms with van der Waals surface area (Å²) in [5, 5.41) is 0. The van der Waals surface area contributed by atoms with E-state index >= 15 is 0 Å². The molecule has 0 aromatic carbocycles. The Hall–Kier alpha value is -0.970. The van der Waals surface area contributed by atoms with E-state index in [-0.39, 0.29) is 5.76 Å². The number of allylic oxidation sites excluding steroid dienone is 2. The summed E-state index contributed by atoms with van der Waals surface area (Å²) in [6.07, 6.45) is -0.258. The van der Waals surface area contributed by atoms with Gasteiger partial charge in [0.2, 0.25) is 0 Å². The molecule has 1 aliphatic rings. The fourth-order valence-corrected chi connectivity index (χ4v) is 1.05. The third kappa shape index (κ3) is 2.77. The second kappa shape index (κ2) is 3.41. The van der Waals surface area contributed by atoms with Crippen molar-refractivity contribution in [1.29, 1.82) is 0 Å². The van der Waals surface area contributed by atoms with Gasteiger partial charge in [0.1, 0.15) is 5.76 Å². The third-order valence-electron chi connectivity index (χ3n) is 1.85. The van der Waals surface area contributed by atoms with Gasteiger partial charge in [-0.1, -0.05) is 19.1 Å². The van der Waals surface area contributed by atoms with E-state index in [1.165, 1.54) is 12.2 Å². The first kappa shape index (κ1) is 10.1. The molecule has 1 aliphatic carbocycles. The number of halogens is 3. The molecule has 0 radical (unpaired) electrons. The van der Waals surface area contributed by atoms with Gasteiger partial charge in [-0.05, 0) is 6.08 Å². The van der Waals surface area contributed by atoms with Crippen molar-refractivity contribution in [3.8, 4) is 0 Å². The van der Waals surface area contributed by atoms with Crippen LogP contribution in [0.4, 0.5) is 13.2 Å². The molecule has 0 heterocycles. The highest BCUT2D eigenvalue weighted by Gasteiger charge is 2.34. The van der Waals surface area contributed by atoms with E-state index in [0.29, 0.717) is 0 Å². The standard InChI is InChI=1S/C8H10F3NO/c1-5-6(12)3-2-4-7(5)13-8(9,10)11/h2-6H,12H2,1H3. The van der Waals surface area contributed by atoms with Gasteiger partial charge >= 0.3 is 6.36 Å². The van der Waals surface area contributed by atoms with E-state index in [9.17, 15) is 13.2 Å². The number of alkyl halides is 3. The van der Waals surface area contributed by atoms with E-state index in [0.717, 1.165) is 0 Å². The first-order chi connectivity index (χ1) is 5.90. The first-order valence-electron chi connectivity index (χ1n) is 3.80. The van der Waals surface area contributed by atoms with Crippen molar-refractivity contribution in [3.05, 3.63) is 24.0 Å². The van der Waals surface area contributed by atoms with Crippen LogP contribution in [0.1, 0.15) is 6.92 Å². The van der Waals surface area contributed by atoms with E-state index in [1.807, 2.05) is 0 Å². The predicted molar refractivity (Wildman–Crippen MR) is 41.5 cm³/mol. The number of hydrogen-bond donors (Lipinski definition) is 1. The average molecular weight is 193 g/mol. The summed E-state index contributed by atoms with van der Waals surface area (Å²) in [4.78, 5) is 0. The summed E-state index contributed by atoms with van der Waals surface area (Å²) in [6, 6.07) is -0.414. The van der Waals surface area contributed by atoms with Crippen molar-refractivity contribution in [2.45, 2.75) is 19.3 Å². The zero-order valence-corrected chi connectivity index (χ0v) is 7.01. The lowest BCUT2D eigenvalue weighted by atomic mass is 9.96. The molecule has 74 valence electrons. The maximum atomic E-state index is 11.8. The number of hydrogen-bond acceptors (Lipinski definition) is 2. The van der Waals surface area contributed by atoms with Crippen LogP contribution in [-0.4, -0.2) is 12.4 Å². The molecule has 0 aromatic heterocycles. The monoisotopic (exact) mass is 193 g/mol. The van der Waals surface area contributed by atoms with Gasteiger partial charge in [-0.25, -0.2) is 0 Å². The van der Waals surface area contributed by atoms with Crippen LogP contribution in [0, 0.1) is 5.92 Å². The Labute approximate surface area is 73.9 Å². The highest BCUT2D eigenvalue weighted by Crippen LogP contribution is 2.28. The number of rotatable bonds is 1. The van der Waals surface area contributed by atoms with Crippen molar-refractivity contribution in [3.63, 3.8) is 0 Å². The minimum atomic E-state index is -4.63. The molecule has 0 fully saturated rings. The van der Waals surface area contributed by atoms with Gasteiger partial charge in [0, 0.05) is 12.0 Å².